The molecule has 0 aliphatic carbocycles. The van der Waals surface area contributed by atoms with Gasteiger partial charge in [0.25, 0.3) is 5.91 Å². The van der Waals surface area contributed by atoms with Crippen LogP contribution in [0.25, 0.3) is 0 Å². The molecule has 0 aliphatic rings. The summed E-state index contributed by atoms with van der Waals surface area (Å²) in [7, 11) is 1.46. The fourth-order valence-electron chi connectivity index (χ4n) is 1.48. The average molecular weight is 306 g/mol. The van der Waals surface area contributed by atoms with Crippen molar-refractivity contribution in [3.8, 4) is 0 Å². The molecule has 1 aromatic rings. The number of aliphatic carboxylic acids is 1. The van der Waals surface area contributed by atoms with Crippen LogP contribution in [0.4, 0.5) is 0 Å². The van der Waals surface area contributed by atoms with Crippen LogP contribution in [0.3, 0.4) is 0 Å². The molecule has 0 radical (unpaired) electrons. The molecule has 0 saturated carbocycles. The minimum absolute atomic E-state index is 0.100. The van der Waals surface area contributed by atoms with Gasteiger partial charge in [0.05, 0.1) is 22.2 Å². The van der Waals surface area contributed by atoms with Crippen molar-refractivity contribution in [1.82, 2.24) is 4.90 Å². The topological polar surface area (TPSA) is 66.8 Å². The van der Waals surface area contributed by atoms with Gasteiger partial charge in [0, 0.05) is 13.7 Å². The van der Waals surface area contributed by atoms with E-state index in [9.17, 15) is 9.59 Å². The van der Waals surface area contributed by atoms with E-state index in [0.717, 1.165) is 4.90 Å². The number of carbonyl (C=O) groups excluding carboxylic acids is 1. The summed E-state index contributed by atoms with van der Waals surface area (Å²) in [5, 5.41) is 9.19. The molecule has 0 heterocycles. The third-order valence-electron chi connectivity index (χ3n) is 2.36. The molecule has 1 amide bonds. The van der Waals surface area contributed by atoms with E-state index in [4.69, 9.17) is 33.0 Å². The zero-order valence-corrected chi connectivity index (χ0v) is 11.7. The second-order valence-electron chi connectivity index (χ2n) is 3.71. The number of carboxylic acid groups (broad SMARTS) is 1. The molecule has 5 nitrogen and oxygen atoms in total. The van der Waals surface area contributed by atoms with E-state index >= 15 is 0 Å². The van der Waals surface area contributed by atoms with Gasteiger partial charge in [-0.1, -0.05) is 29.3 Å². The molecule has 1 aromatic carbocycles. The van der Waals surface area contributed by atoms with Crippen molar-refractivity contribution >= 4 is 35.1 Å². The van der Waals surface area contributed by atoms with Crippen LogP contribution in [0.5, 0.6) is 0 Å². The highest BCUT2D eigenvalue weighted by Gasteiger charge is 2.22. The Hall–Kier alpha value is -1.30. The van der Waals surface area contributed by atoms with Crippen LogP contribution >= 0.6 is 23.2 Å². The van der Waals surface area contributed by atoms with Crippen LogP contribution in [0.1, 0.15) is 10.4 Å². The Kier molecular flexibility index (Phi) is 6.08. The van der Waals surface area contributed by atoms with Crippen molar-refractivity contribution in [2.45, 2.75) is 0 Å². The maximum atomic E-state index is 12.3. The first-order valence-corrected chi connectivity index (χ1v) is 6.17. The van der Waals surface area contributed by atoms with E-state index in [-0.39, 0.29) is 28.8 Å². The molecule has 19 heavy (non-hydrogen) atoms. The summed E-state index contributed by atoms with van der Waals surface area (Å²) in [4.78, 5) is 24.2. The number of methoxy groups -OCH3 is 1. The largest absolute Gasteiger partial charge is 0.480 e. The van der Waals surface area contributed by atoms with Gasteiger partial charge in [0.1, 0.15) is 6.54 Å². The molecule has 7 heteroatoms. The van der Waals surface area contributed by atoms with Gasteiger partial charge in [0.15, 0.2) is 0 Å². The number of rotatable bonds is 6. The van der Waals surface area contributed by atoms with Crippen molar-refractivity contribution in [2.75, 3.05) is 26.8 Å². The van der Waals surface area contributed by atoms with Gasteiger partial charge in [-0.3, -0.25) is 9.59 Å². The molecule has 0 aliphatic heterocycles. The van der Waals surface area contributed by atoms with Crippen LogP contribution in [-0.2, 0) is 9.53 Å². The lowest BCUT2D eigenvalue weighted by Crippen LogP contribution is -2.38. The van der Waals surface area contributed by atoms with Gasteiger partial charge in [-0.25, -0.2) is 0 Å². The first kappa shape index (κ1) is 15.8. The molecular weight excluding hydrogens is 293 g/mol. The molecule has 1 N–H and O–H groups in total. The van der Waals surface area contributed by atoms with Crippen LogP contribution in [0, 0.1) is 0 Å². The summed E-state index contributed by atoms with van der Waals surface area (Å²) in [5.74, 6) is -1.65. The van der Waals surface area contributed by atoms with Gasteiger partial charge in [0.2, 0.25) is 0 Å². The van der Waals surface area contributed by atoms with Gasteiger partial charge in [-0.15, -0.1) is 0 Å². The molecule has 104 valence electrons. The number of carbonyl (C=O) groups is 2. The lowest BCUT2D eigenvalue weighted by molar-refractivity contribution is -0.137. The molecule has 0 unspecified atom stereocenters. The Morgan fingerprint density at radius 1 is 1.32 bits per heavy atom. The molecule has 0 bridgehead atoms. The molecular formula is C12H13Cl2NO4. The van der Waals surface area contributed by atoms with E-state index in [1.807, 2.05) is 0 Å². The van der Waals surface area contributed by atoms with E-state index < -0.39 is 18.4 Å². The van der Waals surface area contributed by atoms with Gasteiger partial charge >= 0.3 is 5.97 Å². The Balaban J connectivity index is 3.01. The monoisotopic (exact) mass is 305 g/mol. The first-order chi connectivity index (χ1) is 8.97. The summed E-state index contributed by atoms with van der Waals surface area (Å²) in [6.07, 6.45) is 0. The highest BCUT2D eigenvalue weighted by atomic mass is 35.5. The number of nitrogens with zero attached hydrogens (tertiary/aromatic N) is 1. The quantitative estimate of drug-likeness (QED) is 0.874. The lowest BCUT2D eigenvalue weighted by atomic mass is 10.2. The summed E-state index contributed by atoms with van der Waals surface area (Å²) in [5.41, 5.74) is 0.100. The smallest absolute Gasteiger partial charge is 0.323 e. The van der Waals surface area contributed by atoms with Crippen molar-refractivity contribution < 1.29 is 19.4 Å². The summed E-state index contributed by atoms with van der Waals surface area (Å²) in [6.45, 7) is -0.0754. The molecule has 0 atom stereocenters. The minimum atomic E-state index is -1.12. The number of ether oxygens (including phenoxy) is 1. The molecule has 0 aromatic heterocycles. The van der Waals surface area contributed by atoms with Crippen LogP contribution in [-0.4, -0.2) is 48.7 Å². The number of carboxylic acids is 1. The summed E-state index contributed by atoms with van der Waals surface area (Å²) in [6, 6.07) is 4.66. The summed E-state index contributed by atoms with van der Waals surface area (Å²) >= 11 is 11.9. The number of amides is 1. The van der Waals surface area contributed by atoms with Crippen molar-refractivity contribution in [3.63, 3.8) is 0 Å². The second-order valence-corrected chi connectivity index (χ2v) is 4.52. The predicted molar refractivity (Wildman–Crippen MR) is 71.9 cm³/mol. The molecule has 0 fully saturated rings. The zero-order chi connectivity index (χ0) is 14.4. The number of benzene rings is 1. The van der Waals surface area contributed by atoms with Crippen molar-refractivity contribution in [3.05, 3.63) is 33.8 Å². The molecule has 1 rings (SSSR count). The number of hydrogen-bond acceptors (Lipinski definition) is 3. The Morgan fingerprint density at radius 2 is 1.89 bits per heavy atom. The normalized spacial score (nSPS) is 10.3. The van der Waals surface area contributed by atoms with Crippen molar-refractivity contribution in [1.29, 1.82) is 0 Å². The van der Waals surface area contributed by atoms with E-state index in [1.165, 1.54) is 19.2 Å². The second kappa shape index (κ2) is 7.33. The van der Waals surface area contributed by atoms with Gasteiger partial charge in [-0.2, -0.15) is 0 Å². The lowest BCUT2D eigenvalue weighted by Gasteiger charge is -2.21. The third-order valence-corrected chi connectivity index (χ3v) is 2.99. The van der Waals surface area contributed by atoms with Gasteiger partial charge < -0.3 is 14.7 Å². The zero-order valence-electron chi connectivity index (χ0n) is 10.2. The predicted octanol–water partition coefficient (Wildman–Crippen LogP) is 2.17. The van der Waals surface area contributed by atoms with Crippen molar-refractivity contribution in [2.24, 2.45) is 0 Å². The van der Waals surface area contributed by atoms with E-state index in [1.54, 1.807) is 6.07 Å². The fourth-order valence-corrected chi connectivity index (χ4v) is 2.04. The standard InChI is InChI=1S/C12H13Cl2NO4/c1-19-6-5-15(7-10(16)17)12(18)11-8(13)3-2-4-9(11)14/h2-4H,5-7H2,1H3,(H,16,17). The fraction of sp³-hybridized carbons (Fsp3) is 0.333. The average Bonchev–Trinajstić information content (AvgIpc) is 2.33. The number of halogens is 2. The Morgan fingerprint density at radius 3 is 2.37 bits per heavy atom. The third kappa shape index (κ3) is 4.38. The highest BCUT2D eigenvalue weighted by Crippen LogP contribution is 2.25. The van der Waals surface area contributed by atoms with Gasteiger partial charge in [-0.05, 0) is 12.1 Å². The maximum Gasteiger partial charge on any atom is 0.323 e. The Labute approximate surface area is 120 Å². The SMILES string of the molecule is COCCN(CC(=O)O)C(=O)c1c(Cl)cccc1Cl. The molecule has 0 spiro atoms. The maximum absolute atomic E-state index is 12.3. The highest BCUT2D eigenvalue weighted by molar-refractivity contribution is 6.39. The van der Waals surface area contributed by atoms with Crippen LogP contribution in [0.2, 0.25) is 10.0 Å². The Bertz CT molecular complexity index is 459. The van der Waals surface area contributed by atoms with Crippen LogP contribution in [0.15, 0.2) is 18.2 Å². The summed E-state index contributed by atoms with van der Waals surface area (Å²) < 4.78 is 4.85. The minimum Gasteiger partial charge on any atom is -0.480 e. The number of hydrogen-bond donors (Lipinski definition) is 1. The van der Waals surface area contributed by atoms with E-state index in [2.05, 4.69) is 0 Å². The van der Waals surface area contributed by atoms with E-state index in [0.29, 0.717) is 0 Å². The molecule has 0 saturated heterocycles. The first-order valence-electron chi connectivity index (χ1n) is 5.41. The van der Waals surface area contributed by atoms with Crippen LogP contribution < -0.4 is 0 Å².